The first-order valence-electron chi connectivity index (χ1n) is 12.8. The molecule has 4 aromatic rings. The maximum Gasteiger partial charge on any atom is 0.227 e. The Morgan fingerprint density at radius 1 is 1.05 bits per heavy atom. The molecule has 1 aliphatic carbocycles. The van der Waals surface area contributed by atoms with Gasteiger partial charge in [-0.1, -0.05) is 61.9 Å². The van der Waals surface area contributed by atoms with Gasteiger partial charge >= 0.3 is 0 Å². The molecule has 6 nitrogen and oxygen atoms in total. The lowest BCUT2D eigenvalue weighted by Gasteiger charge is -2.31. The van der Waals surface area contributed by atoms with Gasteiger partial charge in [0.1, 0.15) is 11.6 Å². The molecule has 1 aliphatic heterocycles. The number of fused-ring (bicyclic) bond motifs is 1. The maximum atomic E-state index is 14.6. The molecule has 0 spiro atoms. The third-order valence-electron chi connectivity index (χ3n) is 7.23. The summed E-state index contributed by atoms with van der Waals surface area (Å²) < 4.78 is 29.0. The van der Waals surface area contributed by atoms with E-state index in [1.165, 1.54) is 25.3 Å². The Balaban J connectivity index is 1.31. The molecule has 0 unspecified atom stereocenters. The normalized spacial score (nSPS) is 21.3. The zero-order chi connectivity index (χ0) is 25.2. The fourth-order valence-electron chi connectivity index (χ4n) is 5.35. The predicted molar refractivity (Wildman–Crippen MR) is 140 cm³/mol. The molecule has 190 valence electrons. The van der Waals surface area contributed by atoms with E-state index in [2.05, 4.69) is 26.7 Å². The van der Waals surface area contributed by atoms with E-state index >= 15 is 0 Å². The molecule has 0 N–H and O–H groups in total. The molecule has 0 bridgehead atoms. The summed E-state index contributed by atoms with van der Waals surface area (Å²) in [6, 6.07) is 17.1. The number of hydrogen-bond donors (Lipinski definition) is 0. The topological polar surface area (TPSA) is 62.1 Å². The van der Waals surface area contributed by atoms with E-state index in [0.29, 0.717) is 30.1 Å². The first kappa shape index (κ1) is 24.1. The Hall–Kier alpha value is -3.23. The van der Waals surface area contributed by atoms with Crippen LogP contribution >= 0.6 is 11.8 Å². The molecular weight excluding hydrogens is 487 g/mol. The highest BCUT2D eigenvalue weighted by Crippen LogP contribution is 2.42. The van der Waals surface area contributed by atoms with Gasteiger partial charge in [-0.25, -0.2) is 4.39 Å². The van der Waals surface area contributed by atoms with Crippen molar-refractivity contribution in [2.45, 2.75) is 62.5 Å². The number of hydrogen-bond acceptors (Lipinski definition) is 6. The van der Waals surface area contributed by atoms with Crippen LogP contribution in [0.5, 0.6) is 5.75 Å². The van der Waals surface area contributed by atoms with Gasteiger partial charge in [0.2, 0.25) is 6.29 Å². The van der Waals surface area contributed by atoms with Crippen LogP contribution in [0.1, 0.15) is 61.6 Å². The molecule has 2 aromatic carbocycles. The third kappa shape index (κ3) is 5.00. The number of benzene rings is 2. The Morgan fingerprint density at radius 3 is 2.73 bits per heavy atom. The van der Waals surface area contributed by atoms with Crippen molar-refractivity contribution in [1.29, 1.82) is 0 Å². The second-order valence-electron chi connectivity index (χ2n) is 9.76. The lowest BCUT2D eigenvalue weighted by atomic mass is 9.85. The van der Waals surface area contributed by atoms with E-state index in [9.17, 15) is 4.39 Å². The van der Waals surface area contributed by atoms with Crippen molar-refractivity contribution in [2.24, 2.45) is 5.92 Å². The minimum Gasteiger partial charge on any atom is -0.460 e. The molecule has 0 saturated heterocycles. The molecule has 0 amide bonds. The van der Waals surface area contributed by atoms with Crippen LogP contribution in [0.25, 0.3) is 11.4 Å². The number of halogens is 1. The standard InChI is InChI=1S/C29H29FN4O2S/c1-19-8-5-6-12-25(19)34-27(21-11-7-13-31-16-21)32-33-29(34)37-18-23-15-24(30)14-22-17-35-28(36-26(22)23)20-9-3-2-4-10-20/h2-4,7,9-11,13-16,19,25,28H,5-6,8,12,17-18H2,1H3/t19-,25+,28+/m1/s1. The fraction of sp³-hybridized carbons (Fsp3) is 0.345. The molecule has 0 radical (unpaired) electrons. The zero-order valence-corrected chi connectivity index (χ0v) is 21.5. The molecular formula is C29H29FN4O2S. The fourth-order valence-corrected chi connectivity index (χ4v) is 6.31. The van der Waals surface area contributed by atoms with Crippen LogP contribution in [0.15, 0.2) is 72.1 Å². The summed E-state index contributed by atoms with van der Waals surface area (Å²) in [6.07, 6.45) is 7.80. The highest BCUT2D eigenvalue weighted by atomic mass is 32.2. The lowest BCUT2D eigenvalue weighted by molar-refractivity contribution is -0.112. The number of rotatable bonds is 6. The van der Waals surface area contributed by atoms with Crippen molar-refractivity contribution in [1.82, 2.24) is 19.7 Å². The van der Waals surface area contributed by atoms with Gasteiger partial charge in [-0.15, -0.1) is 10.2 Å². The Morgan fingerprint density at radius 2 is 1.92 bits per heavy atom. The van der Waals surface area contributed by atoms with Gasteiger partial charge in [-0.05, 0) is 43.0 Å². The van der Waals surface area contributed by atoms with Gasteiger partial charge in [-0.2, -0.15) is 0 Å². The Kier molecular flexibility index (Phi) is 6.93. The van der Waals surface area contributed by atoms with Gasteiger partial charge in [0.15, 0.2) is 11.0 Å². The smallest absolute Gasteiger partial charge is 0.227 e. The zero-order valence-electron chi connectivity index (χ0n) is 20.7. The van der Waals surface area contributed by atoms with Gasteiger partial charge < -0.3 is 9.47 Å². The molecule has 2 aromatic heterocycles. The first-order chi connectivity index (χ1) is 18.2. The van der Waals surface area contributed by atoms with Crippen molar-refractivity contribution in [3.05, 3.63) is 89.5 Å². The average molecular weight is 517 g/mol. The number of pyridine rings is 1. The van der Waals surface area contributed by atoms with E-state index in [-0.39, 0.29) is 5.82 Å². The molecule has 1 saturated carbocycles. The summed E-state index contributed by atoms with van der Waals surface area (Å²) in [6.45, 7) is 2.61. The lowest BCUT2D eigenvalue weighted by Crippen LogP contribution is -2.22. The highest BCUT2D eigenvalue weighted by molar-refractivity contribution is 7.98. The predicted octanol–water partition coefficient (Wildman–Crippen LogP) is 7.13. The van der Waals surface area contributed by atoms with Gasteiger partial charge in [0.25, 0.3) is 0 Å². The van der Waals surface area contributed by atoms with Crippen LogP contribution < -0.4 is 4.74 Å². The molecule has 6 rings (SSSR count). The number of nitrogens with zero attached hydrogens (tertiary/aromatic N) is 4. The van der Waals surface area contributed by atoms with E-state index in [1.807, 2.05) is 48.7 Å². The van der Waals surface area contributed by atoms with Gasteiger partial charge in [0.05, 0.1) is 6.61 Å². The molecule has 1 fully saturated rings. The van der Waals surface area contributed by atoms with E-state index in [0.717, 1.165) is 39.7 Å². The summed E-state index contributed by atoms with van der Waals surface area (Å²) in [5.74, 6) is 2.27. The quantitative estimate of drug-likeness (QED) is 0.254. The van der Waals surface area contributed by atoms with Gasteiger partial charge in [-0.3, -0.25) is 9.55 Å². The van der Waals surface area contributed by atoms with E-state index in [4.69, 9.17) is 9.47 Å². The summed E-state index contributed by atoms with van der Waals surface area (Å²) in [7, 11) is 0. The van der Waals surface area contributed by atoms with Crippen molar-refractivity contribution in [3.8, 4) is 17.1 Å². The van der Waals surface area contributed by atoms with Crippen molar-refractivity contribution >= 4 is 11.8 Å². The van der Waals surface area contributed by atoms with Crippen molar-refractivity contribution in [3.63, 3.8) is 0 Å². The minimum absolute atomic E-state index is 0.293. The summed E-state index contributed by atoms with van der Waals surface area (Å²) in [5.41, 5.74) is 3.40. The molecule has 3 heterocycles. The monoisotopic (exact) mass is 516 g/mol. The first-order valence-corrected chi connectivity index (χ1v) is 13.8. The molecule has 2 aliphatic rings. The van der Waals surface area contributed by atoms with Gasteiger partial charge in [0, 0.05) is 46.4 Å². The number of aromatic nitrogens is 4. The Labute approximate surface area is 220 Å². The molecule has 8 heteroatoms. The van der Waals surface area contributed by atoms with Crippen molar-refractivity contribution in [2.75, 3.05) is 0 Å². The van der Waals surface area contributed by atoms with Crippen LogP contribution in [-0.4, -0.2) is 19.7 Å². The molecule has 3 atom stereocenters. The molecule has 37 heavy (non-hydrogen) atoms. The van der Waals surface area contributed by atoms with Crippen LogP contribution in [0, 0.1) is 11.7 Å². The second kappa shape index (κ2) is 10.6. The van der Waals surface area contributed by atoms with Crippen LogP contribution in [0.4, 0.5) is 4.39 Å². The summed E-state index contributed by atoms with van der Waals surface area (Å²) in [5, 5.41) is 10.0. The average Bonchev–Trinajstić information content (AvgIpc) is 3.36. The Bertz CT molecular complexity index is 1370. The largest absolute Gasteiger partial charge is 0.460 e. The minimum atomic E-state index is -0.521. The van der Waals surface area contributed by atoms with Crippen molar-refractivity contribution < 1.29 is 13.9 Å². The maximum absolute atomic E-state index is 14.6. The summed E-state index contributed by atoms with van der Waals surface area (Å²) >= 11 is 1.57. The number of thioether (sulfide) groups is 1. The second-order valence-corrected chi connectivity index (χ2v) is 10.7. The van der Waals surface area contributed by atoms with Crippen LogP contribution in [-0.2, 0) is 17.1 Å². The van der Waals surface area contributed by atoms with E-state index in [1.54, 1.807) is 24.0 Å². The summed E-state index contributed by atoms with van der Waals surface area (Å²) in [4.78, 5) is 4.30. The van der Waals surface area contributed by atoms with Crippen LogP contribution in [0.2, 0.25) is 0 Å². The third-order valence-corrected chi connectivity index (χ3v) is 8.23. The SMILES string of the molecule is C[C@@H]1CCCC[C@@H]1n1c(SCc2cc(F)cc3c2O[C@@H](c2ccccc2)OC3)nnc1-c1cccnc1. The number of ether oxygens (including phenoxy) is 2. The van der Waals surface area contributed by atoms with E-state index < -0.39 is 6.29 Å². The highest BCUT2D eigenvalue weighted by Gasteiger charge is 2.30. The van der Waals surface area contributed by atoms with Crippen LogP contribution in [0.3, 0.4) is 0 Å².